The van der Waals surface area contributed by atoms with Gasteiger partial charge in [-0.2, -0.15) is 0 Å². The summed E-state index contributed by atoms with van der Waals surface area (Å²) in [5.41, 5.74) is 0.433. The molecule has 1 aromatic carbocycles. The van der Waals surface area contributed by atoms with Crippen LogP contribution in [0.2, 0.25) is 5.02 Å². The summed E-state index contributed by atoms with van der Waals surface area (Å²) in [6, 6.07) is 5.50. The third-order valence-corrected chi connectivity index (χ3v) is 4.59. The van der Waals surface area contributed by atoms with Crippen LogP contribution in [0.3, 0.4) is 0 Å². The first kappa shape index (κ1) is 14.6. The summed E-state index contributed by atoms with van der Waals surface area (Å²) in [5.74, 6) is 0.417. The molecule has 2 aliphatic heterocycles. The van der Waals surface area contributed by atoms with Gasteiger partial charge in [0.25, 0.3) is 5.91 Å². The van der Waals surface area contributed by atoms with Crippen molar-refractivity contribution in [2.45, 2.75) is 12.1 Å². The Balaban J connectivity index is 1.84. The van der Waals surface area contributed by atoms with Crippen molar-refractivity contribution >= 4 is 17.5 Å². The van der Waals surface area contributed by atoms with Crippen LogP contribution in [-0.2, 0) is 4.74 Å². The van der Waals surface area contributed by atoms with Crippen molar-refractivity contribution < 1.29 is 14.3 Å². The number of benzene rings is 1. The largest absolute Gasteiger partial charge is 0.496 e. The highest BCUT2D eigenvalue weighted by molar-refractivity contribution is 6.34. The molecule has 5 nitrogen and oxygen atoms in total. The van der Waals surface area contributed by atoms with Crippen LogP contribution in [0.4, 0.5) is 0 Å². The molecule has 2 fully saturated rings. The molecule has 1 aromatic rings. The lowest BCUT2D eigenvalue weighted by Gasteiger charge is -2.33. The van der Waals surface area contributed by atoms with Gasteiger partial charge < -0.3 is 14.4 Å². The SMILES string of the molecule is COc1cccc(Cl)c1C(=O)N1C[C@H]2OCCN(C)[C@H]2C1. The Labute approximate surface area is 129 Å². The molecule has 0 N–H and O–H groups in total. The minimum Gasteiger partial charge on any atom is -0.496 e. The topological polar surface area (TPSA) is 42.0 Å². The van der Waals surface area contributed by atoms with Crippen LogP contribution in [0, 0.1) is 0 Å². The van der Waals surface area contributed by atoms with E-state index in [1.165, 1.54) is 0 Å². The molecule has 2 atom stereocenters. The number of carbonyl (C=O) groups is 1. The van der Waals surface area contributed by atoms with E-state index in [2.05, 4.69) is 11.9 Å². The summed E-state index contributed by atoms with van der Waals surface area (Å²) in [6.45, 7) is 2.88. The maximum atomic E-state index is 12.8. The van der Waals surface area contributed by atoms with Crippen LogP contribution >= 0.6 is 11.6 Å². The second kappa shape index (κ2) is 5.83. The van der Waals surface area contributed by atoms with Gasteiger partial charge in [0.2, 0.25) is 0 Å². The average Bonchev–Trinajstić information content (AvgIpc) is 2.92. The van der Waals surface area contributed by atoms with E-state index in [0.717, 1.165) is 13.2 Å². The number of likely N-dealkylation sites (tertiary alicyclic amines) is 1. The highest BCUT2D eigenvalue weighted by atomic mass is 35.5. The molecule has 0 unspecified atom stereocenters. The first-order chi connectivity index (χ1) is 10.1. The molecule has 0 saturated carbocycles. The second-order valence-electron chi connectivity index (χ2n) is 5.48. The fourth-order valence-corrected chi connectivity index (χ4v) is 3.31. The quantitative estimate of drug-likeness (QED) is 0.830. The number of morpholine rings is 1. The Morgan fingerprint density at radius 2 is 2.24 bits per heavy atom. The predicted octanol–water partition coefficient (Wildman–Crippen LogP) is 1.50. The average molecular weight is 311 g/mol. The standard InChI is InChI=1S/C15H19ClN2O3/c1-17-6-7-21-13-9-18(8-11(13)17)15(19)14-10(16)4-3-5-12(14)20-2/h3-5,11,13H,6-9H2,1-2H3/t11-,13+/m0/s1. The van der Waals surface area contributed by atoms with E-state index in [-0.39, 0.29) is 18.1 Å². The molecule has 0 spiro atoms. The molecule has 0 bridgehead atoms. The predicted molar refractivity (Wildman–Crippen MR) is 80.1 cm³/mol. The maximum Gasteiger partial charge on any atom is 0.259 e. The lowest BCUT2D eigenvalue weighted by Crippen LogP contribution is -2.48. The minimum atomic E-state index is -0.0937. The summed E-state index contributed by atoms with van der Waals surface area (Å²) < 4.78 is 11.0. The first-order valence-corrected chi connectivity index (χ1v) is 7.43. The van der Waals surface area contributed by atoms with Gasteiger partial charge >= 0.3 is 0 Å². The van der Waals surface area contributed by atoms with E-state index in [1.54, 1.807) is 30.2 Å². The van der Waals surface area contributed by atoms with Crippen LogP contribution in [0.5, 0.6) is 5.75 Å². The van der Waals surface area contributed by atoms with Crippen molar-refractivity contribution in [2.24, 2.45) is 0 Å². The number of nitrogens with zero attached hydrogens (tertiary/aromatic N) is 2. The number of amides is 1. The number of likely N-dealkylation sites (N-methyl/N-ethyl adjacent to an activating group) is 1. The number of halogens is 1. The van der Waals surface area contributed by atoms with Crippen molar-refractivity contribution in [3.63, 3.8) is 0 Å². The molecule has 6 heteroatoms. The van der Waals surface area contributed by atoms with Gasteiger partial charge in [0.05, 0.1) is 30.9 Å². The van der Waals surface area contributed by atoms with Crippen molar-refractivity contribution in [1.29, 1.82) is 0 Å². The summed E-state index contributed by atoms with van der Waals surface area (Å²) in [7, 11) is 3.62. The van der Waals surface area contributed by atoms with E-state index in [9.17, 15) is 4.79 Å². The number of methoxy groups -OCH3 is 1. The van der Waals surface area contributed by atoms with Crippen LogP contribution in [0.1, 0.15) is 10.4 Å². The Morgan fingerprint density at radius 1 is 1.43 bits per heavy atom. The Bertz CT molecular complexity index is 552. The van der Waals surface area contributed by atoms with Crippen molar-refractivity contribution in [3.05, 3.63) is 28.8 Å². The minimum absolute atomic E-state index is 0.0844. The van der Waals surface area contributed by atoms with Crippen LogP contribution in [0.25, 0.3) is 0 Å². The molecular weight excluding hydrogens is 292 g/mol. The maximum absolute atomic E-state index is 12.8. The monoisotopic (exact) mass is 310 g/mol. The number of carbonyl (C=O) groups excluding carboxylic acids is 1. The molecule has 0 aromatic heterocycles. The van der Waals surface area contributed by atoms with Gasteiger partial charge in [-0.1, -0.05) is 17.7 Å². The fraction of sp³-hybridized carbons (Fsp3) is 0.533. The fourth-order valence-electron chi connectivity index (χ4n) is 3.06. The van der Waals surface area contributed by atoms with E-state index in [0.29, 0.717) is 29.4 Å². The lowest BCUT2D eigenvalue weighted by atomic mass is 10.1. The van der Waals surface area contributed by atoms with Gasteiger partial charge in [0.15, 0.2) is 0 Å². The number of hydrogen-bond acceptors (Lipinski definition) is 4. The van der Waals surface area contributed by atoms with Gasteiger partial charge in [-0.05, 0) is 19.2 Å². The van der Waals surface area contributed by atoms with E-state index in [4.69, 9.17) is 21.1 Å². The van der Waals surface area contributed by atoms with Crippen LogP contribution < -0.4 is 4.74 Å². The third kappa shape index (κ3) is 2.61. The van der Waals surface area contributed by atoms with Crippen molar-refractivity contribution in [1.82, 2.24) is 9.80 Å². The second-order valence-corrected chi connectivity index (χ2v) is 5.89. The normalized spacial score (nSPS) is 25.8. The summed E-state index contributed by atoms with van der Waals surface area (Å²) in [5, 5.41) is 0.420. The van der Waals surface area contributed by atoms with E-state index in [1.807, 2.05) is 0 Å². The zero-order chi connectivity index (χ0) is 15.0. The molecule has 21 heavy (non-hydrogen) atoms. The van der Waals surface area contributed by atoms with Crippen LogP contribution in [0.15, 0.2) is 18.2 Å². The number of hydrogen-bond donors (Lipinski definition) is 0. The molecule has 114 valence electrons. The van der Waals surface area contributed by atoms with Gasteiger partial charge in [-0.3, -0.25) is 9.69 Å². The molecule has 0 radical (unpaired) electrons. The van der Waals surface area contributed by atoms with Gasteiger partial charge in [-0.25, -0.2) is 0 Å². The van der Waals surface area contributed by atoms with E-state index < -0.39 is 0 Å². The highest BCUT2D eigenvalue weighted by Gasteiger charge is 2.41. The molecule has 0 aliphatic carbocycles. The number of fused-ring (bicyclic) bond motifs is 1. The molecule has 2 aliphatic rings. The molecule has 2 heterocycles. The van der Waals surface area contributed by atoms with Gasteiger partial charge in [-0.15, -0.1) is 0 Å². The Morgan fingerprint density at radius 3 is 2.95 bits per heavy atom. The Kier molecular flexibility index (Phi) is 4.06. The summed E-state index contributed by atoms with van der Waals surface area (Å²) in [4.78, 5) is 16.8. The smallest absolute Gasteiger partial charge is 0.259 e. The van der Waals surface area contributed by atoms with Gasteiger partial charge in [0, 0.05) is 19.6 Å². The lowest BCUT2D eigenvalue weighted by molar-refractivity contribution is -0.0368. The zero-order valence-electron chi connectivity index (χ0n) is 12.2. The highest BCUT2D eigenvalue weighted by Crippen LogP contribution is 2.30. The Hall–Kier alpha value is -1.30. The molecular formula is C15H19ClN2O3. The summed E-state index contributed by atoms with van der Waals surface area (Å²) in [6.07, 6.45) is 0.0844. The first-order valence-electron chi connectivity index (χ1n) is 7.05. The summed E-state index contributed by atoms with van der Waals surface area (Å²) >= 11 is 6.19. The number of ether oxygens (including phenoxy) is 2. The van der Waals surface area contributed by atoms with E-state index >= 15 is 0 Å². The van der Waals surface area contributed by atoms with Crippen LogP contribution in [-0.4, -0.2) is 68.3 Å². The van der Waals surface area contributed by atoms with Gasteiger partial charge in [0.1, 0.15) is 11.3 Å². The third-order valence-electron chi connectivity index (χ3n) is 4.28. The molecule has 2 saturated heterocycles. The van der Waals surface area contributed by atoms with Crippen molar-refractivity contribution in [3.8, 4) is 5.75 Å². The number of rotatable bonds is 2. The molecule has 3 rings (SSSR count). The molecule has 1 amide bonds. The van der Waals surface area contributed by atoms with Crippen molar-refractivity contribution in [2.75, 3.05) is 40.4 Å². The zero-order valence-corrected chi connectivity index (χ0v) is 13.0.